The third kappa shape index (κ3) is 2.05. The van der Waals surface area contributed by atoms with E-state index in [1.54, 1.807) is 6.07 Å². The molecule has 0 aliphatic carbocycles. The van der Waals surface area contributed by atoms with Gasteiger partial charge in [-0.1, -0.05) is 0 Å². The Bertz CT molecular complexity index is 605. The number of nitrogens with two attached hydrogens (primary N) is 1. The van der Waals surface area contributed by atoms with Crippen molar-refractivity contribution in [2.24, 2.45) is 11.7 Å². The third-order valence-corrected chi connectivity index (χ3v) is 4.32. The minimum atomic E-state index is -0.162. The minimum absolute atomic E-state index is 0.162. The Hall–Kier alpha value is -1.39. The monoisotopic (exact) mass is 261 g/mol. The molecule has 102 valence electrons. The van der Waals surface area contributed by atoms with Crippen molar-refractivity contribution in [1.82, 2.24) is 9.88 Å². The summed E-state index contributed by atoms with van der Waals surface area (Å²) in [6, 6.07) is 4.06. The van der Waals surface area contributed by atoms with Crippen LogP contribution in [0.25, 0.3) is 10.9 Å². The van der Waals surface area contributed by atoms with Gasteiger partial charge in [-0.25, -0.2) is 4.39 Å². The van der Waals surface area contributed by atoms with Gasteiger partial charge in [0, 0.05) is 24.2 Å². The highest BCUT2D eigenvalue weighted by Gasteiger charge is 2.30. The summed E-state index contributed by atoms with van der Waals surface area (Å²) in [6.45, 7) is 3.70. The molecule has 1 aromatic heterocycles. The maximum absolute atomic E-state index is 14.1. The van der Waals surface area contributed by atoms with Crippen molar-refractivity contribution in [3.8, 4) is 0 Å². The molecular formula is C15H20FN3. The predicted octanol–water partition coefficient (Wildman–Crippen LogP) is 2.57. The molecule has 3 rings (SSSR count). The second-order valence-electron chi connectivity index (χ2n) is 5.69. The molecule has 19 heavy (non-hydrogen) atoms. The van der Waals surface area contributed by atoms with Gasteiger partial charge in [0.25, 0.3) is 0 Å². The van der Waals surface area contributed by atoms with Crippen LogP contribution in [0.1, 0.15) is 23.6 Å². The average molecular weight is 261 g/mol. The molecule has 4 heteroatoms. The highest BCUT2D eigenvalue weighted by atomic mass is 19.1. The van der Waals surface area contributed by atoms with Crippen LogP contribution in [-0.2, 0) is 0 Å². The Balaban J connectivity index is 2.03. The first-order valence-electron chi connectivity index (χ1n) is 6.77. The molecule has 2 atom stereocenters. The van der Waals surface area contributed by atoms with Crippen molar-refractivity contribution < 1.29 is 4.39 Å². The van der Waals surface area contributed by atoms with Gasteiger partial charge in [-0.2, -0.15) is 0 Å². The highest BCUT2D eigenvalue weighted by Crippen LogP contribution is 2.36. The lowest BCUT2D eigenvalue weighted by Crippen LogP contribution is -2.20. The van der Waals surface area contributed by atoms with E-state index in [2.05, 4.69) is 23.0 Å². The first-order chi connectivity index (χ1) is 9.10. The van der Waals surface area contributed by atoms with Crippen molar-refractivity contribution in [2.75, 3.05) is 20.1 Å². The van der Waals surface area contributed by atoms with Gasteiger partial charge in [-0.15, -0.1) is 0 Å². The van der Waals surface area contributed by atoms with E-state index >= 15 is 0 Å². The van der Waals surface area contributed by atoms with Crippen LogP contribution < -0.4 is 5.73 Å². The molecule has 0 saturated carbocycles. The maximum atomic E-state index is 14.1. The number of rotatable bonds is 2. The van der Waals surface area contributed by atoms with E-state index < -0.39 is 0 Å². The number of benzene rings is 1. The summed E-state index contributed by atoms with van der Waals surface area (Å²) in [7, 11) is 2.09. The zero-order valence-corrected chi connectivity index (χ0v) is 11.4. The Labute approximate surface area is 112 Å². The van der Waals surface area contributed by atoms with E-state index in [0.29, 0.717) is 18.0 Å². The molecule has 2 heterocycles. The van der Waals surface area contributed by atoms with E-state index in [1.165, 1.54) is 0 Å². The number of halogens is 1. The van der Waals surface area contributed by atoms with Gasteiger partial charge in [-0.05, 0) is 56.1 Å². The Kier molecular flexibility index (Phi) is 3.07. The van der Waals surface area contributed by atoms with Gasteiger partial charge >= 0.3 is 0 Å². The Morgan fingerprint density at radius 2 is 2.26 bits per heavy atom. The van der Waals surface area contributed by atoms with Crippen LogP contribution in [0, 0.1) is 18.7 Å². The molecule has 2 unspecified atom stereocenters. The second-order valence-corrected chi connectivity index (χ2v) is 5.69. The number of aryl methyl sites for hydroxylation is 1. The largest absolute Gasteiger partial charge is 0.359 e. The van der Waals surface area contributed by atoms with Crippen LogP contribution >= 0.6 is 0 Å². The molecular weight excluding hydrogens is 241 g/mol. The zero-order chi connectivity index (χ0) is 13.6. The average Bonchev–Trinajstić information content (AvgIpc) is 2.94. The minimum Gasteiger partial charge on any atom is -0.359 e. The first-order valence-corrected chi connectivity index (χ1v) is 6.77. The van der Waals surface area contributed by atoms with Crippen LogP contribution in [0.5, 0.6) is 0 Å². The topological polar surface area (TPSA) is 45.1 Å². The Morgan fingerprint density at radius 3 is 2.95 bits per heavy atom. The summed E-state index contributed by atoms with van der Waals surface area (Å²) in [6.07, 6.45) is 2.87. The summed E-state index contributed by atoms with van der Waals surface area (Å²) >= 11 is 0. The molecule has 3 N–H and O–H groups in total. The number of hydrogen-bond donors (Lipinski definition) is 2. The number of likely N-dealkylation sites (tertiary alicyclic amines) is 1. The maximum Gasteiger partial charge on any atom is 0.147 e. The van der Waals surface area contributed by atoms with E-state index in [4.69, 9.17) is 5.73 Å². The lowest BCUT2D eigenvalue weighted by molar-refractivity contribution is 0.313. The molecule has 1 fully saturated rings. The van der Waals surface area contributed by atoms with Gasteiger partial charge in [0.05, 0.1) is 5.52 Å². The summed E-state index contributed by atoms with van der Waals surface area (Å²) in [4.78, 5) is 5.27. The number of nitrogens with zero attached hydrogens (tertiary/aromatic N) is 1. The molecule has 1 aliphatic heterocycles. The lowest BCUT2D eigenvalue weighted by Gasteiger charge is -2.20. The smallest absolute Gasteiger partial charge is 0.147 e. The van der Waals surface area contributed by atoms with Crippen LogP contribution in [0.3, 0.4) is 0 Å². The highest BCUT2D eigenvalue weighted by molar-refractivity contribution is 5.84. The Morgan fingerprint density at radius 1 is 1.47 bits per heavy atom. The summed E-state index contributed by atoms with van der Waals surface area (Å²) in [5.41, 5.74) is 8.52. The summed E-state index contributed by atoms with van der Waals surface area (Å²) in [5.74, 6) is 0.353. The quantitative estimate of drug-likeness (QED) is 0.872. The zero-order valence-electron chi connectivity index (χ0n) is 11.4. The van der Waals surface area contributed by atoms with Crippen LogP contribution in [0.4, 0.5) is 4.39 Å². The third-order valence-electron chi connectivity index (χ3n) is 4.32. The first kappa shape index (κ1) is 12.6. The van der Waals surface area contributed by atoms with Crippen molar-refractivity contribution in [1.29, 1.82) is 0 Å². The molecule has 2 aromatic rings. The number of H-pyrrole nitrogens is 1. The molecule has 3 nitrogen and oxygen atoms in total. The molecule has 1 aliphatic rings. The number of aromatic nitrogens is 1. The van der Waals surface area contributed by atoms with Crippen LogP contribution in [0.15, 0.2) is 18.3 Å². The number of fused-ring (bicyclic) bond motifs is 1. The standard InChI is InChI=1S/C15H20FN3/c1-9-7-18-15-12(9)4-11(5-13(15)16)14-3-10(6-17)8-19(14)2/h4-5,7,10,14,18H,3,6,8,17H2,1-2H3. The van der Waals surface area contributed by atoms with Crippen molar-refractivity contribution >= 4 is 10.9 Å². The molecule has 0 bridgehead atoms. The lowest BCUT2D eigenvalue weighted by atomic mass is 9.98. The van der Waals surface area contributed by atoms with Gasteiger partial charge < -0.3 is 10.7 Å². The molecule has 0 radical (unpaired) electrons. The van der Waals surface area contributed by atoms with Gasteiger partial charge in [0.15, 0.2) is 0 Å². The number of nitrogens with one attached hydrogen (secondary N) is 1. The van der Waals surface area contributed by atoms with Crippen LogP contribution in [0.2, 0.25) is 0 Å². The van der Waals surface area contributed by atoms with Crippen molar-refractivity contribution in [3.63, 3.8) is 0 Å². The summed E-state index contributed by atoms with van der Waals surface area (Å²) < 4.78 is 14.1. The summed E-state index contributed by atoms with van der Waals surface area (Å²) in [5, 5.41) is 0.986. The van der Waals surface area contributed by atoms with Crippen LogP contribution in [-0.4, -0.2) is 30.0 Å². The SMILES string of the molecule is Cc1c[nH]c2c(F)cc(C3CC(CN)CN3C)cc12. The van der Waals surface area contributed by atoms with Gasteiger partial charge in [-0.3, -0.25) is 4.90 Å². The molecule has 0 amide bonds. The fraction of sp³-hybridized carbons (Fsp3) is 0.467. The van der Waals surface area contributed by atoms with E-state index in [1.807, 2.05) is 13.1 Å². The molecule has 1 saturated heterocycles. The normalized spacial score (nSPS) is 24.4. The molecule has 1 aromatic carbocycles. The van der Waals surface area contributed by atoms with E-state index in [9.17, 15) is 4.39 Å². The van der Waals surface area contributed by atoms with Gasteiger partial charge in [0.1, 0.15) is 5.82 Å². The predicted molar refractivity (Wildman–Crippen MR) is 75.5 cm³/mol. The number of hydrogen-bond acceptors (Lipinski definition) is 2. The van der Waals surface area contributed by atoms with E-state index in [-0.39, 0.29) is 11.9 Å². The van der Waals surface area contributed by atoms with Crippen molar-refractivity contribution in [3.05, 3.63) is 35.3 Å². The van der Waals surface area contributed by atoms with E-state index in [0.717, 1.165) is 29.5 Å². The number of aromatic amines is 1. The van der Waals surface area contributed by atoms with Crippen molar-refractivity contribution in [2.45, 2.75) is 19.4 Å². The molecule has 0 spiro atoms. The fourth-order valence-corrected chi connectivity index (χ4v) is 3.20. The van der Waals surface area contributed by atoms with Gasteiger partial charge in [0.2, 0.25) is 0 Å². The fourth-order valence-electron chi connectivity index (χ4n) is 3.20. The second kappa shape index (κ2) is 4.62.